The van der Waals surface area contributed by atoms with Gasteiger partial charge in [-0.25, -0.2) is 4.98 Å². The molecular formula is C14H18N4O2. The summed E-state index contributed by atoms with van der Waals surface area (Å²) in [6, 6.07) is 7.21. The first-order valence-electron chi connectivity index (χ1n) is 6.67. The number of aliphatic hydroxyl groups is 1. The molecule has 0 aliphatic heterocycles. The molecule has 0 fully saturated rings. The van der Waals surface area contributed by atoms with Crippen LogP contribution in [0.1, 0.15) is 30.9 Å². The van der Waals surface area contributed by atoms with Crippen LogP contribution in [0.3, 0.4) is 0 Å². The van der Waals surface area contributed by atoms with Gasteiger partial charge in [0.25, 0.3) is 5.91 Å². The predicted octanol–water partition coefficient (Wildman–Crippen LogP) is 1.16. The summed E-state index contributed by atoms with van der Waals surface area (Å²) < 4.78 is 0. The molecule has 20 heavy (non-hydrogen) atoms. The molecule has 2 aromatic rings. The second-order valence-electron chi connectivity index (χ2n) is 4.79. The largest absolute Gasteiger partial charge is 0.391 e. The molecule has 0 aliphatic rings. The molecule has 0 aliphatic carbocycles. The molecule has 6 nitrogen and oxygen atoms in total. The van der Waals surface area contributed by atoms with Gasteiger partial charge in [0.2, 0.25) is 5.82 Å². The Balaban J connectivity index is 2.04. The maximum Gasteiger partial charge on any atom is 0.291 e. The fourth-order valence-electron chi connectivity index (χ4n) is 1.73. The molecule has 0 bridgehead atoms. The van der Waals surface area contributed by atoms with E-state index in [1.165, 1.54) is 0 Å². The van der Waals surface area contributed by atoms with E-state index in [2.05, 4.69) is 20.5 Å². The summed E-state index contributed by atoms with van der Waals surface area (Å²) in [5.74, 6) is -0.281. The Bertz CT molecular complexity index is 602. The molecule has 2 rings (SSSR count). The van der Waals surface area contributed by atoms with Gasteiger partial charge in [-0.15, -0.1) is 10.2 Å². The van der Waals surface area contributed by atoms with Gasteiger partial charge in [-0.1, -0.05) is 32.4 Å². The zero-order chi connectivity index (χ0) is 14.5. The van der Waals surface area contributed by atoms with Crippen molar-refractivity contribution in [2.75, 3.05) is 6.54 Å². The van der Waals surface area contributed by atoms with Crippen LogP contribution in [0, 0.1) is 5.92 Å². The maximum atomic E-state index is 11.9. The first kappa shape index (κ1) is 14.3. The highest BCUT2D eigenvalue weighted by molar-refractivity contribution is 5.91. The van der Waals surface area contributed by atoms with Crippen molar-refractivity contribution in [3.8, 4) is 0 Å². The quantitative estimate of drug-likeness (QED) is 0.854. The van der Waals surface area contributed by atoms with Crippen molar-refractivity contribution in [1.29, 1.82) is 0 Å². The Hall–Kier alpha value is -2.08. The van der Waals surface area contributed by atoms with Gasteiger partial charge in [-0.2, -0.15) is 0 Å². The number of carbonyl (C=O) groups is 1. The zero-order valence-electron chi connectivity index (χ0n) is 11.6. The van der Waals surface area contributed by atoms with Gasteiger partial charge in [-0.3, -0.25) is 4.79 Å². The topological polar surface area (TPSA) is 88.0 Å². The highest BCUT2D eigenvalue weighted by Crippen LogP contribution is 2.08. The summed E-state index contributed by atoms with van der Waals surface area (Å²) in [5, 5.41) is 20.2. The Morgan fingerprint density at radius 2 is 2.00 bits per heavy atom. The lowest BCUT2D eigenvalue weighted by Gasteiger charge is -2.17. The minimum Gasteiger partial charge on any atom is -0.391 e. The number of rotatable bonds is 5. The van der Waals surface area contributed by atoms with Crippen molar-refractivity contribution in [1.82, 2.24) is 20.5 Å². The number of amides is 1. The standard InChI is InChI=1S/C14H18N4O2/c1-3-9(2)12(19)8-15-14(20)13-16-10-6-4-5-7-11(10)17-18-13/h4-7,9,12,19H,3,8H2,1-2H3,(H,15,20)/t9-,12+/m1/s1. The van der Waals surface area contributed by atoms with Crippen LogP contribution in [0.15, 0.2) is 24.3 Å². The molecule has 2 N–H and O–H groups in total. The van der Waals surface area contributed by atoms with Gasteiger partial charge in [0.15, 0.2) is 0 Å². The van der Waals surface area contributed by atoms with Crippen LogP contribution in [-0.4, -0.2) is 38.8 Å². The molecule has 1 amide bonds. The Morgan fingerprint density at radius 3 is 2.70 bits per heavy atom. The van der Waals surface area contributed by atoms with Crippen LogP contribution in [0.25, 0.3) is 11.0 Å². The Kier molecular flexibility index (Phi) is 4.57. The smallest absolute Gasteiger partial charge is 0.291 e. The zero-order valence-corrected chi connectivity index (χ0v) is 11.6. The Labute approximate surface area is 117 Å². The molecule has 6 heteroatoms. The SMILES string of the molecule is CC[C@@H](C)[C@@H](O)CNC(=O)c1nnc2ccccc2n1. The van der Waals surface area contributed by atoms with E-state index in [1.54, 1.807) is 12.1 Å². The summed E-state index contributed by atoms with van der Waals surface area (Å²) in [7, 11) is 0. The predicted molar refractivity (Wildman–Crippen MR) is 75.1 cm³/mol. The summed E-state index contributed by atoms with van der Waals surface area (Å²) >= 11 is 0. The van der Waals surface area contributed by atoms with Crippen molar-refractivity contribution in [3.05, 3.63) is 30.1 Å². The van der Waals surface area contributed by atoms with Gasteiger partial charge < -0.3 is 10.4 Å². The summed E-state index contributed by atoms with van der Waals surface area (Å²) in [6.07, 6.45) is 0.280. The second kappa shape index (κ2) is 6.38. The monoisotopic (exact) mass is 274 g/mol. The molecular weight excluding hydrogens is 256 g/mol. The molecule has 0 saturated heterocycles. The summed E-state index contributed by atoms with van der Waals surface area (Å²) in [6.45, 7) is 4.11. The van der Waals surface area contributed by atoms with Crippen LogP contribution in [-0.2, 0) is 0 Å². The average molecular weight is 274 g/mol. The number of aliphatic hydroxyl groups excluding tert-OH is 1. The number of carbonyl (C=O) groups excluding carboxylic acids is 1. The number of aromatic nitrogens is 3. The first-order valence-corrected chi connectivity index (χ1v) is 6.67. The molecule has 0 spiro atoms. The minimum absolute atomic E-state index is 0.0139. The first-order chi connectivity index (χ1) is 9.61. The van der Waals surface area contributed by atoms with E-state index in [0.29, 0.717) is 11.0 Å². The number of nitrogens with one attached hydrogen (secondary N) is 1. The number of hydrogen-bond donors (Lipinski definition) is 2. The van der Waals surface area contributed by atoms with Gasteiger partial charge in [-0.05, 0) is 18.1 Å². The lowest BCUT2D eigenvalue weighted by Crippen LogP contribution is -2.36. The van der Waals surface area contributed by atoms with Crippen LogP contribution in [0.4, 0.5) is 0 Å². The third kappa shape index (κ3) is 3.27. The third-order valence-corrected chi connectivity index (χ3v) is 3.34. The van der Waals surface area contributed by atoms with Gasteiger partial charge >= 0.3 is 0 Å². The third-order valence-electron chi connectivity index (χ3n) is 3.34. The lowest BCUT2D eigenvalue weighted by molar-refractivity contribution is 0.0841. The van der Waals surface area contributed by atoms with Crippen LogP contribution >= 0.6 is 0 Å². The van der Waals surface area contributed by atoms with E-state index in [0.717, 1.165) is 6.42 Å². The van der Waals surface area contributed by atoms with Crippen molar-refractivity contribution < 1.29 is 9.90 Å². The second-order valence-corrected chi connectivity index (χ2v) is 4.79. The van der Waals surface area contributed by atoms with Crippen molar-refractivity contribution in [2.45, 2.75) is 26.4 Å². The van der Waals surface area contributed by atoms with Crippen LogP contribution in [0.2, 0.25) is 0 Å². The van der Waals surface area contributed by atoms with Crippen molar-refractivity contribution in [3.63, 3.8) is 0 Å². The van der Waals surface area contributed by atoms with Crippen LogP contribution < -0.4 is 5.32 Å². The summed E-state index contributed by atoms with van der Waals surface area (Å²) in [5.41, 5.74) is 1.26. The molecule has 0 saturated carbocycles. The molecule has 0 unspecified atom stereocenters. The summed E-state index contributed by atoms with van der Waals surface area (Å²) in [4.78, 5) is 16.1. The highest BCUT2D eigenvalue weighted by Gasteiger charge is 2.16. The van der Waals surface area contributed by atoms with E-state index in [9.17, 15) is 9.90 Å². The molecule has 1 heterocycles. The molecule has 2 atom stereocenters. The number of hydrogen-bond acceptors (Lipinski definition) is 5. The number of fused-ring (bicyclic) bond motifs is 1. The minimum atomic E-state index is -0.572. The Morgan fingerprint density at radius 1 is 1.30 bits per heavy atom. The molecule has 1 aromatic carbocycles. The molecule has 106 valence electrons. The van der Waals surface area contributed by atoms with Crippen molar-refractivity contribution >= 4 is 16.9 Å². The van der Waals surface area contributed by atoms with Crippen LogP contribution in [0.5, 0.6) is 0 Å². The fraction of sp³-hybridized carbons (Fsp3) is 0.429. The number of nitrogens with zero attached hydrogens (tertiary/aromatic N) is 3. The lowest BCUT2D eigenvalue weighted by atomic mass is 10.0. The van der Waals surface area contributed by atoms with Gasteiger partial charge in [0.05, 0.1) is 11.6 Å². The van der Waals surface area contributed by atoms with Crippen molar-refractivity contribution in [2.24, 2.45) is 5.92 Å². The number of benzene rings is 1. The van der Waals surface area contributed by atoms with E-state index in [4.69, 9.17) is 0 Å². The highest BCUT2D eigenvalue weighted by atomic mass is 16.3. The van der Waals surface area contributed by atoms with Gasteiger partial charge in [0.1, 0.15) is 5.52 Å². The van der Waals surface area contributed by atoms with E-state index in [-0.39, 0.29) is 18.3 Å². The molecule has 1 aromatic heterocycles. The normalized spacial score (nSPS) is 13.9. The molecule has 0 radical (unpaired) electrons. The van der Waals surface area contributed by atoms with Gasteiger partial charge in [0, 0.05) is 6.54 Å². The average Bonchev–Trinajstić information content (AvgIpc) is 2.50. The van der Waals surface area contributed by atoms with E-state index < -0.39 is 12.0 Å². The fourth-order valence-corrected chi connectivity index (χ4v) is 1.73. The van der Waals surface area contributed by atoms with E-state index in [1.807, 2.05) is 26.0 Å². The van der Waals surface area contributed by atoms with E-state index >= 15 is 0 Å². The number of para-hydroxylation sites is 1. The maximum absolute atomic E-state index is 11.9.